The molecule has 92 valence electrons. The lowest BCUT2D eigenvalue weighted by atomic mass is 9.78. The largest absolute Gasteiger partial charge is 0.241 e. The SMILES string of the molecule is CCCCCCCC(C(F)F)C(C)(C)C. The summed E-state index contributed by atoms with van der Waals surface area (Å²) in [5.41, 5.74) is -0.265. The quantitative estimate of drug-likeness (QED) is 0.512. The number of alkyl halides is 2. The summed E-state index contributed by atoms with van der Waals surface area (Å²) in [4.78, 5) is 0. The lowest BCUT2D eigenvalue weighted by Crippen LogP contribution is -2.27. The Hall–Kier alpha value is -0.140. The van der Waals surface area contributed by atoms with E-state index < -0.39 is 12.3 Å². The highest BCUT2D eigenvalue weighted by Gasteiger charge is 2.31. The van der Waals surface area contributed by atoms with Crippen molar-refractivity contribution in [2.45, 2.75) is 72.6 Å². The van der Waals surface area contributed by atoms with Crippen LogP contribution < -0.4 is 0 Å². The van der Waals surface area contributed by atoms with Gasteiger partial charge in [-0.2, -0.15) is 0 Å². The Morgan fingerprint density at radius 3 is 1.87 bits per heavy atom. The van der Waals surface area contributed by atoms with E-state index in [0.29, 0.717) is 6.42 Å². The number of hydrogen-bond donors (Lipinski definition) is 0. The fraction of sp³-hybridized carbons (Fsp3) is 1.00. The molecule has 15 heavy (non-hydrogen) atoms. The molecule has 0 rings (SSSR count). The third-order valence-corrected chi connectivity index (χ3v) is 3.04. The van der Waals surface area contributed by atoms with E-state index in [1.807, 2.05) is 20.8 Å². The average Bonchev–Trinajstić information content (AvgIpc) is 2.08. The molecule has 0 bridgehead atoms. The highest BCUT2D eigenvalue weighted by atomic mass is 19.3. The zero-order valence-corrected chi connectivity index (χ0v) is 10.7. The summed E-state index contributed by atoms with van der Waals surface area (Å²) in [5.74, 6) is -0.445. The molecule has 0 fully saturated rings. The minimum Gasteiger partial charge on any atom is -0.210 e. The molecule has 1 atom stereocenters. The first-order chi connectivity index (χ1) is 6.89. The lowest BCUT2D eigenvalue weighted by molar-refractivity contribution is 0.00960. The summed E-state index contributed by atoms with van der Waals surface area (Å²) < 4.78 is 25.5. The summed E-state index contributed by atoms with van der Waals surface area (Å²) in [6.07, 6.45) is 4.18. The van der Waals surface area contributed by atoms with Gasteiger partial charge < -0.3 is 0 Å². The average molecular weight is 220 g/mol. The number of rotatable bonds is 7. The van der Waals surface area contributed by atoms with E-state index in [-0.39, 0.29) is 5.41 Å². The first kappa shape index (κ1) is 14.9. The van der Waals surface area contributed by atoms with Gasteiger partial charge in [-0.3, -0.25) is 0 Å². The number of unbranched alkanes of at least 4 members (excludes halogenated alkanes) is 4. The fourth-order valence-corrected chi connectivity index (χ4v) is 1.90. The van der Waals surface area contributed by atoms with Crippen molar-refractivity contribution in [2.24, 2.45) is 11.3 Å². The van der Waals surface area contributed by atoms with Gasteiger partial charge in [0.1, 0.15) is 0 Å². The zero-order valence-electron chi connectivity index (χ0n) is 10.7. The second-order valence-electron chi connectivity index (χ2n) is 5.51. The van der Waals surface area contributed by atoms with Gasteiger partial charge in [0.15, 0.2) is 0 Å². The van der Waals surface area contributed by atoms with Crippen molar-refractivity contribution in [3.8, 4) is 0 Å². The van der Waals surface area contributed by atoms with Crippen LogP contribution in [0, 0.1) is 11.3 Å². The van der Waals surface area contributed by atoms with Crippen molar-refractivity contribution in [1.29, 1.82) is 0 Å². The van der Waals surface area contributed by atoms with E-state index in [0.717, 1.165) is 12.8 Å². The van der Waals surface area contributed by atoms with Crippen molar-refractivity contribution in [3.63, 3.8) is 0 Å². The molecular formula is C13H26F2. The molecule has 0 N–H and O–H groups in total. The molecule has 0 radical (unpaired) electrons. The van der Waals surface area contributed by atoms with Gasteiger partial charge >= 0.3 is 0 Å². The molecule has 0 aromatic carbocycles. The van der Waals surface area contributed by atoms with Crippen molar-refractivity contribution < 1.29 is 8.78 Å². The van der Waals surface area contributed by atoms with Gasteiger partial charge in [-0.25, -0.2) is 8.78 Å². The van der Waals surface area contributed by atoms with E-state index in [1.165, 1.54) is 19.3 Å². The molecule has 0 aromatic heterocycles. The molecule has 0 amide bonds. The van der Waals surface area contributed by atoms with E-state index in [9.17, 15) is 8.78 Å². The zero-order chi connectivity index (χ0) is 11.9. The van der Waals surface area contributed by atoms with Gasteiger partial charge in [0.2, 0.25) is 6.43 Å². The number of hydrogen-bond acceptors (Lipinski definition) is 0. The molecule has 0 heterocycles. The van der Waals surface area contributed by atoms with Crippen molar-refractivity contribution in [3.05, 3.63) is 0 Å². The molecule has 0 aliphatic rings. The van der Waals surface area contributed by atoms with Crippen LogP contribution in [0.1, 0.15) is 66.2 Å². The lowest BCUT2D eigenvalue weighted by Gasteiger charge is -2.30. The Labute approximate surface area is 93.4 Å². The summed E-state index contributed by atoms with van der Waals surface area (Å²) in [6.45, 7) is 7.90. The Bertz CT molecular complexity index is 147. The van der Waals surface area contributed by atoms with Crippen LogP contribution in [-0.4, -0.2) is 6.43 Å². The maximum Gasteiger partial charge on any atom is 0.241 e. The van der Waals surface area contributed by atoms with Crippen LogP contribution >= 0.6 is 0 Å². The van der Waals surface area contributed by atoms with Crippen LogP contribution in [0.4, 0.5) is 8.78 Å². The minimum atomic E-state index is -2.17. The van der Waals surface area contributed by atoms with Gasteiger partial charge in [-0.05, 0) is 11.8 Å². The summed E-state index contributed by atoms with van der Waals surface area (Å²) in [7, 11) is 0. The molecular weight excluding hydrogens is 194 g/mol. The van der Waals surface area contributed by atoms with E-state index >= 15 is 0 Å². The van der Waals surface area contributed by atoms with Crippen molar-refractivity contribution in [2.75, 3.05) is 0 Å². The normalized spacial score (nSPS) is 14.6. The molecule has 1 unspecified atom stereocenters. The summed E-state index contributed by atoms with van der Waals surface area (Å²) in [5, 5.41) is 0. The van der Waals surface area contributed by atoms with Crippen molar-refractivity contribution in [1.82, 2.24) is 0 Å². The van der Waals surface area contributed by atoms with Crippen LogP contribution in [0.25, 0.3) is 0 Å². The maximum absolute atomic E-state index is 12.8. The van der Waals surface area contributed by atoms with Crippen LogP contribution in [0.15, 0.2) is 0 Å². The van der Waals surface area contributed by atoms with Gasteiger partial charge in [0.05, 0.1) is 0 Å². The van der Waals surface area contributed by atoms with Gasteiger partial charge in [0.25, 0.3) is 0 Å². The molecule has 0 nitrogen and oxygen atoms in total. The van der Waals surface area contributed by atoms with Crippen LogP contribution in [0.5, 0.6) is 0 Å². The Kier molecular flexibility index (Phi) is 7.12. The standard InChI is InChI=1S/C13H26F2/c1-5-6-7-8-9-10-11(12(14)15)13(2,3)4/h11-12H,5-10H2,1-4H3. The van der Waals surface area contributed by atoms with E-state index in [4.69, 9.17) is 0 Å². The Balaban J connectivity index is 3.78. The highest BCUT2D eigenvalue weighted by molar-refractivity contribution is 4.75. The third-order valence-electron chi connectivity index (χ3n) is 3.04. The summed E-state index contributed by atoms with van der Waals surface area (Å²) in [6, 6.07) is 0. The molecule has 0 spiro atoms. The topological polar surface area (TPSA) is 0 Å². The van der Waals surface area contributed by atoms with Crippen LogP contribution in [0.2, 0.25) is 0 Å². The molecule has 0 saturated carbocycles. The Morgan fingerprint density at radius 2 is 1.47 bits per heavy atom. The van der Waals surface area contributed by atoms with Crippen molar-refractivity contribution >= 4 is 0 Å². The second kappa shape index (κ2) is 7.19. The summed E-state index contributed by atoms with van der Waals surface area (Å²) >= 11 is 0. The second-order valence-corrected chi connectivity index (χ2v) is 5.51. The van der Waals surface area contributed by atoms with Crippen LogP contribution in [-0.2, 0) is 0 Å². The minimum absolute atomic E-state index is 0.265. The fourth-order valence-electron chi connectivity index (χ4n) is 1.90. The number of halogens is 2. The molecule has 0 aliphatic carbocycles. The van der Waals surface area contributed by atoms with Crippen LogP contribution in [0.3, 0.4) is 0 Å². The maximum atomic E-state index is 12.8. The Morgan fingerprint density at radius 1 is 0.933 bits per heavy atom. The predicted octanol–water partition coefficient (Wildman–Crippen LogP) is 5.27. The third kappa shape index (κ3) is 6.86. The molecule has 0 aliphatic heterocycles. The first-order valence-corrected chi connectivity index (χ1v) is 6.17. The molecule has 0 saturated heterocycles. The van der Waals surface area contributed by atoms with Gasteiger partial charge in [-0.1, -0.05) is 59.8 Å². The van der Waals surface area contributed by atoms with Gasteiger partial charge in [0, 0.05) is 5.92 Å². The van der Waals surface area contributed by atoms with E-state index in [2.05, 4.69) is 6.92 Å². The molecule has 2 heteroatoms. The predicted molar refractivity (Wildman–Crippen MR) is 62.3 cm³/mol. The van der Waals surface area contributed by atoms with E-state index in [1.54, 1.807) is 0 Å². The monoisotopic (exact) mass is 220 g/mol. The molecule has 0 aromatic rings. The van der Waals surface area contributed by atoms with Gasteiger partial charge in [-0.15, -0.1) is 0 Å². The smallest absolute Gasteiger partial charge is 0.210 e. The highest BCUT2D eigenvalue weighted by Crippen LogP contribution is 2.35. The first-order valence-electron chi connectivity index (χ1n) is 6.17.